The van der Waals surface area contributed by atoms with Gasteiger partial charge in [-0.25, -0.2) is 0 Å². The Kier molecular flexibility index (Phi) is 13.0. The molecule has 0 aromatic rings. The van der Waals surface area contributed by atoms with Gasteiger partial charge in [-0.05, 0) is 38.5 Å². The Morgan fingerprint density at radius 3 is 1.67 bits per heavy atom. The molecule has 0 unspecified atom stereocenters. The maximum absolute atomic E-state index is 2.35. The molecule has 0 aliphatic heterocycles. The molecule has 0 aliphatic carbocycles. The van der Waals surface area contributed by atoms with Gasteiger partial charge in [0.25, 0.3) is 0 Å². The van der Waals surface area contributed by atoms with Crippen molar-refractivity contribution in [1.29, 1.82) is 0 Å². The predicted molar refractivity (Wildman–Crippen MR) is 71.2 cm³/mol. The van der Waals surface area contributed by atoms with Gasteiger partial charge in [0.05, 0.1) is 0 Å². The molecule has 15 heavy (non-hydrogen) atoms. The maximum atomic E-state index is 2.35. The molecule has 0 radical (unpaired) electrons. The summed E-state index contributed by atoms with van der Waals surface area (Å²) in [7, 11) is 0. The van der Waals surface area contributed by atoms with E-state index in [0.29, 0.717) is 0 Å². The van der Waals surface area contributed by atoms with Crippen LogP contribution in [0, 0.1) is 0 Å². The molecule has 0 rings (SSSR count). The third-order valence-corrected chi connectivity index (χ3v) is 2.52. The van der Waals surface area contributed by atoms with Crippen LogP contribution in [-0.2, 0) is 0 Å². The summed E-state index contributed by atoms with van der Waals surface area (Å²) < 4.78 is 0. The van der Waals surface area contributed by atoms with Crippen LogP contribution in [0.25, 0.3) is 0 Å². The molecule has 0 amide bonds. The van der Waals surface area contributed by atoms with Crippen LogP contribution in [0.1, 0.15) is 71.6 Å². The van der Waals surface area contributed by atoms with Crippen LogP contribution in [0.2, 0.25) is 0 Å². The minimum absolute atomic E-state index is 1.18. The Morgan fingerprint density at radius 1 is 0.600 bits per heavy atom. The fourth-order valence-electron chi connectivity index (χ4n) is 1.56. The van der Waals surface area contributed by atoms with Crippen LogP contribution in [-0.4, -0.2) is 0 Å². The standard InChI is InChI=1S/C15H28/c1-3-5-7-9-11-13-15-14-12-10-8-6-4-2/h5,7-8,10H,3-4,6,9,11-15H2,1-2H3/b7-5+,10-8+. The van der Waals surface area contributed by atoms with Crippen molar-refractivity contribution in [2.75, 3.05) is 0 Å². The third kappa shape index (κ3) is 13.5. The van der Waals surface area contributed by atoms with E-state index in [0.717, 1.165) is 0 Å². The highest BCUT2D eigenvalue weighted by molar-refractivity contribution is 4.81. The highest BCUT2D eigenvalue weighted by Gasteiger charge is 1.87. The molecule has 0 aromatic heterocycles. The van der Waals surface area contributed by atoms with E-state index in [1.165, 1.54) is 57.8 Å². The summed E-state index contributed by atoms with van der Waals surface area (Å²) in [6, 6.07) is 0. The van der Waals surface area contributed by atoms with Gasteiger partial charge in [0.2, 0.25) is 0 Å². The largest absolute Gasteiger partial charge is 0.0888 e. The zero-order chi connectivity index (χ0) is 11.2. The van der Waals surface area contributed by atoms with Crippen molar-refractivity contribution in [2.24, 2.45) is 0 Å². The molecule has 0 nitrogen and oxygen atoms in total. The summed E-state index contributed by atoms with van der Waals surface area (Å²) in [4.78, 5) is 0. The Morgan fingerprint density at radius 2 is 1.13 bits per heavy atom. The lowest BCUT2D eigenvalue weighted by Crippen LogP contribution is -1.76. The molecule has 0 heteroatoms. The van der Waals surface area contributed by atoms with Crippen LogP contribution in [0.5, 0.6) is 0 Å². The molecular weight excluding hydrogens is 180 g/mol. The number of unbranched alkanes of at least 4 members (excludes halogenated alkanes) is 6. The zero-order valence-corrected chi connectivity index (χ0v) is 10.7. The highest BCUT2D eigenvalue weighted by Crippen LogP contribution is 2.06. The predicted octanol–water partition coefficient (Wildman–Crippen LogP) is 5.65. The molecule has 0 atom stereocenters. The van der Waals surface area contributed by atoms with Gasteiger partial charge in [-0.15, -0.1) is 0 Å². The first-order valence-electron chi connectivity index (χ1n) is 6.71. The third-order valence-electron chi connectivity index (χ3n) is 2.52. The summed E-state index contributed by atoms with van der Waals surface area (Å²) in [5.41, 5.74) is 0. The topological polar surface area (TPSA) is 0 Å². The van der Waals surface area contributed by atoms with Gasteiger partial charge in [-0.1, -0.05) is 57.4 Å². The Hall–Kier alpha value is -0.520. The molecule has 88 valence electrons. The lowest BCUT2D eigenvalue weighted by molar-refractivity contribution is 0.651. The Balaban J connectivity index is 3.01. The molecule has 0 fully saturated rings. The normalized spacial score (nSPS) is 11.9. The fourth-order valence-corrected chi connectivity index (χ4v) is 1.56. The van der Waals surface area contributed by atoms with Gasteiger partial charge >= 0.3 is 0 Å². The lowest BCUT2D eigenvalue weighted by Gasteiger charge is -1.96. The lowest BCUT2D eigenvalue weighted by atomic mass is 10.1. The van der Waals surface area contributed by atoms with E-state index in [1.54, 1.807) is 0 Å². The minimum Gasteiger partial charge on any atom is -0.0888 e. The van der Waals surface area contributed by atoms with E-state index in [2.05, 4.69) is 38.2 Å². The quantitative estimate of drug-likeness (QED) is 0.321. The summed E-state index contributed by atoms with van der Waals surface area (Å²) in [5, 5.41) is 0. The van der Waals surface area contributed by atoms with Gasteiger partial charge in [0.1, 0.15) is 0 Å². The maximum Gasteiger partial charge on any atom is -0.0351 e. The molecule has 0 saturated heterocycles. The summed E-state index contributed by atoms with van der Waals surface area (Å²) >= 11 is 0. The van der Waals surface area contributed by atoms with E-state index < -0.39 is 0 Å². The Labute approximate surface area is 96.5 Å². The Bertz CT molecular complexity index is 153. The van der Waals surface area contributed by atoms with Crippen LogP contribution in [0.3, 0.4) is 0 Å². The van der Waals surface area contributed by atoms with Crippen molar-refractivity contribution in [1.82, 2.24) is 0 Å². The van der Waals surface area contributed by atoms with Crippen molar-refractivity contribution in [3.05, 3.63) is 24.3 Å². The second kappa shape index (κ2) is 13.5. The summed E-state index contributed by atoms with van der Waals surface area (Å²) in [5.74, 6) is 0. The van der Waals surface area contributed by atoms with E-state index in [9.17, 15) is 0 Å². The first kappa shape index (κ1) is 14.5. The number of rotatable bonds is 10. The van der Waals surface area contributed by atoms with Crippen LogP contribution < -0.4 is 0 Å². The van der Waals surface area contributed by atoms with Crippen molar-refractivity contribution < 1.29 is 0 Å². The van der Waals surface area contributed by atoms with Gasteiger partial charge in [-0.2, -0.15) is 0 Å². The second-order valence-electron chi connectivity index (χ2n) is 4.13. The molecule has 0 aromatic carbocycles. The SMILES string of the molecule is CC/C=C/CCCCCC/C=C/CCC. The monoisotopic (exact) mass is 208 g/mol. The first-order valence-corrected chi connectivity index (χ1v) is 6.71. The van der Waals surface area contributed by atoms with Crippen molar-refractivity contribution >= 4 is 0 Å². The van der Waals surface area contributed by atoms with E-state index >= 15 is 0 Å². The van der Waals surface area contributed by atoms with Crippen molar-refractivity contribution in [3.8, 4) is 0 Å². The van der Waals surface area contributed by atoms with Gasteiger partial charge < -0.3 is 0 Å². The van der Waals surface area contributed by atoms with Crippen LogP contribution >= 0.6 is 0 Å². The number of allylic oxidation sites excluding steroid dienone is 4. The molecule has 0 spiro atoms. The molecular formula is C15H28. The molecule has 0 N–H and O–H groups in total. The van der Waals surface area contributed by atoms with Gasteiger partial charge in [0, 0.05) is 0 Å². The first-order chi connectivity index (χ1) is 7.41. The number of hydrogen-bond acceptors (Lipinski definition) is 0. The molecule has 0 heterocycles. The molecule has 0 saturated carbocycles. The average molecular weight is 208 g/mol. The number of hydrogen-bond donors (Lipinski definition) is 0. The molecule has 0 aliphatic rings. The zero-order valence-electron chi connectivity index (χ0n) is 10.7. The average Bonchev–Trinajstić information content (AvgIpc) is 2.26. The second-order valence-corrected chi connectivity index (χ2v) is 4.13. The minimum atomic E-state index is 1.18. The summed E-state index contributed by atoms with van der Waals surface area (Å²) in [6.45, 7) is 4.42. The highest BCUT2D eigenvalue weighted by atomic mass is 13.9. The van der Waals surface area contributed by atoms with E-state index in [1.807, 2.05) is 0 Å². The van der Waals surface area contributed by atoms with Crippen LogP contribution in [0.15, 0.2) is 24.3 Å². The fraction of sp³-hybridized carbons (Fsp3) is 0.733. The molecule has 0 bridgehead atoms. The van der Waals surface area contributed by atoms with E-state index in [4.69, 9.17) is 0 Å². The van der Waals surface area contributed by atoms with Crippen LogP contribution in [0.4, 0.5) is 0 Å². The van der Waals surface area contributed by atoms with Crippen molar-refractivity contribution in [3.63, 3.8) is 0 Å². The van der Waals surface area contributed by atoms with Gasteiger partial charge in [0.15, 0.2) is 0 Å². The van der Waals surface area contributed by atoms with Gasteiger partial charge in [-0.3, -0.25) is 0 Å². The van der Waals surface area contributed by atoms with Crippen molar-refractivity contribution in [2.45, 2.75) is 71.6 Å². The smallest absolute Gasteiger partial charge is 0.0351 e. The summed E-state index contributed by atoms with van der Waals surface area (Å²) in [6.07, 6.45) is 21.1. The van der Waals surface area contributed by atoms with E-state index in [-0.39, 0.29) is 0 Å².